The number of anilines is 1. The third kappa shape index (κ3) is 4.11. The number of aromatic nitrogens is 1. The number of aliphatic hydroxyl groups is 1. The normalized spacial score (nSPS) is 16.4. The lowest BCUT2D eigenvalue weighted by atomic mass is 9.85. The standard InChI is InChI=1S/C18H20FN3O3/c19-14-6-4-5-12-9-13(10-20-15(12)14)22-17(24)16(23)21-11-18(25)7-2-1-3-8-18/h4-6,9-10,25H,1-3,7-8,11H2,(H,21,23)(H,22,24). The van der Waals surface area contributed by atoms with Crippen LogP contribution in [0.4, 0.5) is 10.1 Å². The average molecular weight is 345 g/mol. The summed E-state index contributed by atoms with van der Waals surface area (Å²) in [5, 5.41) is 15.8. The Balaban J connectivity index is 1.60. The van der Waals surface area contributed by atoms with Gasteiger partial charge in [0, 0.05) is 11.9 Å². The second-order valence-electron chi connectivity index (χ2n) is 6.46. The minimum Gasteiger partial charge on any atom is -0.388 e. The molecule has 1 fully saturated rings. The molecule has 3 N–H and O–H groups in total. The average Bonchev–Trinajstić information content (AvgIpc) is 2.60. The minimum atomic E-state index is -0.934. The van der Waals surface area contributed by atoms with E-state index in [2.05, 4.69) is 15.6 Å². The molecule has 0 bridgehead atoms. The van der Waals surface area contributed by atoms with E-state index in [4.69, 9.17) is 0 Å². The van der Waals surface area contributed by atoms with E-state index in [1.54, 1.807) is 18.2 Å². The van der Waals surface area contributed by atoms with Gasteiger partial charge < -0.3 is 15.7 Å². The van der Waals surface area contributed by atoms with Crippen molar-refractivity contribution in [1.29, 1.82) is 0 Å². The third-order valence-electron chi connectivity index (χ3n) is 4.49. The van der Waals surface area contributed by atoms with Crippen molar-refractivity contribution in [3.8, 4) is 0 Å². The Morgan fingerprint density at radius 2 is 1.96 bits per heavy atom. The van der Waals surface area contributed by atoms with Crippen LogP contribution in [0.1, 0.15) is 32.1 Å². The van der Waals surface area contributed by atoms with Gasteiger partial charge in [-0.15, -0.1) is 0 Å². The number of hydrogen-bond acceptors (Lipinski definition) is 4. The van der Waals surface area contributed by atoms with Gasteiger partial charge in [-0.25, -0.2) is 4.39 Å². The summed E-state index contributed by atoms with van der Waals surface area (Å²) < 4.78 is 13.6. The Labute approximate surface area is 144 Å². The van der Waals surface area contributed by atoms with E-state index < -0.39 is 23.2 Å². The number of rotatable bonds is 3. The summed E-state index contributed by atoms with van der Waals surface area (Å²) in [6, 6.07) is 6.06. The van der Waals surface area contributed by atoms with Crippen molar-refractivity contribution in [2.75, 3.05) is 11.9 Å². The van der Waals surface area contributed by atoms with Gasteiger partial charge in [0.25, 0.3) is 0 Å². The summed E-state index contributed by atoms with van der Waals surface area (Å²) in [5.74, 6) is -2.12. The van der Waals surface area contributed by atoms with E-state index in [1.165, 1.54) is 12.3 Å². The molecule has 25 heavy (non-hydrogen) atoms. The molecule has 0 radical (unpaired) electrons. The van der Waals surface area contributed by atoms with E-state index >= 15 is 0 Å². The van der Waals surface area contributed by atoms with Crippen LogP contribution in [0.25, 0.3) is 10.9 Å². The van der Waals surface area contributed by atoms with Gasteiger partial charge in [-0.1, -0.05) is 31.4 Å². The summed E-state index contributed by atoms with van der Waals surface area (Å²) in [5.41, 5.74) is -0.435. The first kappa shape index (κ1) is 17.3. The highest BCUT2D eigenvalue weighted by atomic mass is 19.1. The molecular weight excluding hydrogens is 325 g/mol. The van der Waals surface area contributed by atoms with Gasteiger partial charge in [-0.3, -0.25) is 14.6 Å². The summed E-state index contributed by atoms with van der Waals surface area (Å²) >= 11 is 0. The number of benzene rings is 1. The number of fused-ring (bicyclic) bond motifs is 1. The molecule has 2 aromatic rings. The van der Waals surface area contributed by atoms with Crippen LogP contribution in [0.3, 0.4) is 0 Å². The second kappa shape index (κ2) is 7.14. The molecule has 1 aliphatic carbocycles. The van der Waals surface area contributed by atoms with Gasteiger partial charge >= 0.3 is 11.8 Å². The maximum absolute atomic E-state index is 13.6. The van der Waals surface area contributed by atoms with Crippen LogP contribution in [0.15, 0.2) is 30.5 Å². The molecule has 3 rings (SSSR count). The van der Waals surface area contributed by atoms with Gasteiger partial charge in [0.2, 0.25) is 0 Å². The van der Waals surface area contributed by atoms with Crippen molar-refractivity contribution < 1.29 is 19.1 Å². The van der Waals surface area contributed by atoms with Crippen LogP contribution >= 0.6 is 0 Å². The monoisotopic (exact) mass is 345 g/mol. The molecule has 1 heterocycles. The SMILES string of the molecule is O=C(NCC1(O)CCCCC1)C(=O)Nc1cnc2c(F)cccc2c1. The lowest BCUT2D eigenvalue weighted by Crippen LogP contribution is -2.47. The predicted molar refractivity (Wildman–Crippen MR) is 91.4 cm³/mol. The summed E-state index contributed by atoms with van der Waals surface area (Å²) in [7, 11) is 0. The Morgan fingerprint density at radius 3 is 2.72 bits per heavy atom. The van der Waals surface area contributed by atoms with Gasteiger partial charge in [-0.2, -0.15) is 0 Å². The fourth-order valence-electron chi connectivity index (χ4n) is 3.09. The highest BCUT2D eigenvalue weighted by Gasteiger charge is 2.30. The zero-order valence-electron chi connectivity index (χ0n) is 13.7. The number of nitrogens with zero attached hydrogens (tertiary/aromatic N) is 1. The molecule has 6 nitrogen and oxygen atoms in total. The fourth-order valence-corrected chi connectivity index (χ4v) is 3.09. The molecule has 1 aromatic carbocycles. The first-order chi connectivity index (χ1) is 12.0. The van der Waals surface area contributed by atoms with Gasteiger partial charge in [-0.05, 0) is 25.0 Å². The molecule has 1 aromatic heterocycles. The maximum atomic E-state index is 13.6. The van der Waals surface area contributed by atoms with Crippen LogP contribution in [-0.2, 0) is 9.59 Å². The molecular formula is C18H20FN3O3. The second-order valence-corrected chi connectivity index (χ2v) is 6.46. The van der Waals surface area contributed by atoms with E-state index in [1.807, 2.05) is 0 Å². The molecule has 7 heteroatoms. The number of carbonyl (C=O) groups is 2. The number of pyridine rings is 1. The maximum Gasteiger partial charge on any atom is 0.313 e. The van der Waals surface area contributed by atoms with Crippen molar-refractivity contribution in [2.24, 2.45) is 0 Å². The molecule has 0 unspecified atom stereocenters. The van der Waals surface area contributed by atoms with Crippen LogP contribution in [0.5, 0.6) is 0 Å². The largest absolute Gasteiger partial charge is 0.388 e. The molecule has 0 saturated heterocycles. The van der Waals surface area contributed by atoms with Crippen molar-refractivity contribution in [1.82, 2.24) is 10.3 Å². The Kier molecular flexibility index (Phi) is 4.94. The molecule has 0 spiro atoms. The highest BCUT2D eigenvalue weighted by molar-refractivity contribution is 6.39. The highest BCUT2D eigenvalue weighted by Crippen LogP contribution is 2.27. The minimum absolute atomic E-state index is 0.0560. The van der Waals surface area contributed by atoms with Crippen molar-refractivity contribution >= 4 is 28.4 Å². The van der Waals surface area contributed by atoms with Crippen LogP contribution in [0, 0.1) is 5.82 Å². The van der Waals surface area contributed by atoms with Gasteiger partial charge in [0.15, 0.2) is 0 Å². The Morgan fingerprint density at radius 1 is 1.20 bits per heavy atom. The van der Waals surface area contributed by atoms with Crippen molar-refractivity contribution in [3.05, 3.63) is 36.3 Å². The van der Waals surface area contributed by atoms with Crippen molar-refractivity contribution in [2.45, 2.75) is 37.7 Å². The quantitative estimate of drug-likeness (QED) is 0.743. The summed E-state index contributed by atoms with van der Waals surface area (Å²) in [6.07, 6.45) is 5.44. The molecule has 1 saturated carbocycles. The molecule has 1 aliphatic rings. The van der Waals surface area contributed by atoms with E-state index in [9.17, 15) is 19.1 Å². The zero-order valence-corrected chi connectivity index (χ0v) is 13.7. The molecule has 132 valence electrons. The summed E-state index contributed by atoms with van der Waals surface area (Å²) in [4.78, 5) is 27.9. The molecule has 0 aliphatic heterocycles. The van der Waals surface area contributed by atoms with Crippen molar-refractivity contribution in [3.63, 3.8) is 0 Å². The number of amides is 2. The topological polar surface area (TPSA) is 91.3 Å². The first-order valence-corrected chi connectivity index (χ1v) is 8.33. The van der Waals surface area contributed by atoms with Gasteiger partial charge in [0.05, 0.1) is 17.5 Å². The lowest BCUT2D eigenvalue weighted by molar-refractivity contribution is -0.137. The number of halogens is 1. The van der Waals surface area contributed by atoms with E-state index in [-0.39, 0.29) is 12.1 Å². The lowest BCUT2D eigenvalue weighted by Gasteiger charge is -2.31. The summed E-state index contributed by atoms with van der Waals surface area (Å²) in [6.45, 7) is 0.0560. The Bertz CT molecular complexity index is 803. The number of carbonyl (C=O) groups excluding carboxylic acids is 2. The predicted octanol–water partition coefficient (Wildman–Crippen LogP) is 2.12. The number of nitrogens with one attached hydrogen (secondary N) is 2. The first-order valence-electron chi connectivity index (χ1n) is 8.33. The van der Waals surface area contributed by atoms with Crippen LogP contribution in [0.2, 0.25) is 0 Å². The fraction of sp³-hybridized carbons (Fsp3) is 0.389. The van der Waals surface area contributed by atoms with Crippen LogP contribution in [-0.4, -0.2) is 34.1 Å². The number of para-hydroxylation sites is 1. The third-order valence-corrected chi connectivity index (χ3v) is 4.49. The molecule has 2 amide bonds. The molecule has 0 atom stereocenters. The smallest absolute Gasteiger partial charge is 0.313 e. The van der Waals surface area contributed by atoms with Gasteiger partial charge in [0.1, 0.15) is 11.3 Å². The Hall–Kier alpha value is -2.54. The van der Waals surface area contributed by atoms with E-state index in [0.29, 0.717) is 23.9 Å². The number of hydrogen-bond donors (Lipinski definition) is 3. The van der Waals surface area contributed by atoms with Crippen LogP contribution < -0.4 is 10.6 Å². The zero-order chi connectivity index (χ0) is 17.9. The van der Waals surface area contributed by atoms with E-state index in [0.717, 1.165) is 19.3 Å².